The lowest BCUT2D eigenvalue weighted by Crippen LogP contribution is -2.14. The van der Waals surface area contributed by atoms with Gasteiger partial charge in [-0.25, -0.2) is 17.2 Å². The predicted octanol–water partition coefficient (Wildman–Crippen LogP) is 2.88. The second-order valence-corrected chi connectivity index (χ2v) is 6.26. The molecule has 0 atom stereocenters. The third kappa shape index (κ3) is 3.49. The van der Waals surface area contributed by atoms with E-state index in [4.69, 9.17) is 17.3 Å². The molecule has 0 fully saturated rings. The number of benzene rings is 2. The van der Waals surface area contributed by atoms with E-state index in [2.05, 4.69) is 4.72 Å². The van der Waals surface area contributed by atoms with E-state index in [1.54, 1.807) is 0 Å². The van der Waals surface area contributed by atoms with Crippen LogP contribution in [0.4, 0.5) is 14.5 Å². The zero-order chi connectivity index (χ0) is 15.6. The standard InChI is InChI=1S/C13H11ClF2N2O2S/c14-13-8(7-17)5-11(6-12(13)16)21(19,20)18-10-3-1-9(15)2-4-10/h1-6,18H,7,17H2. The lowest BCUT2D eigenvalue weighted by molar-refractivity contribution is 0.594. The second-order valence-electron chi connectivity index (χ2n) is 4.19. The average molecular weight is 333 g/mol. The van der Waals surface area contributed by atoms with Gasteiger partial charge >= 0.3 is 0 Å². The van der Waals surface area contributed by atoms with Crippen LogP contribution in [0.1, 0.15) is 5.56 Å². The maximum absolute atomic E-state index is 13.6. The molecular weight excluding hydrogens is 322 g/mol. The highest BCUT2D eigenvalue weighted by Crippen LogP contribution is 2.25. The lowest BCUT2D eigenvalue weighted by atomic mass is 10.2. The highest BCUT2D eigenvalue weighted by atomic mass is 35.5. The quantitative estimate of drug-likeness (QED) is 0.904. The summed E-state index contributed by atoms with van der Waals surface area (Å²) in [5, 5.41) is -0.210. The number of sulfonamides is 1. The Morgan fingerprint density at radius 2 is 1.76 bits per heavy atom. The minimum absolute atomic E-state index is 0.102. The summed E-state index contributed by atoms with van der Waals surface area (Å²) in [4.78, 5) is -0.311. The van der Waals surface area contributed by atoms with Crippen LogP contribution in [0.5, 0.6) is 0 Å². The van der Waals surface area contributed by atoms with Gasteiger partial charge in [-0.15, -0.1) is 0 Å². The number of halogens is 3. The van der Waals surface area contributed by atoms with Crippen LogP contribution >= 0.6 is 11.6 Å². The van der Waals surface area contributed by atoms with E-state index in [1.165, 1.54) is 18.2 Å². The van der Waals surface area contributed by atoms with Crippen LogP contribution < -0.4 is 10.5 Å². The fraction of sp³-hybridized carbons (Fsp3) is 0.0769. The van der Waals surface area contributed by atoms with Gasteiger partial charge in [-0.1, -0.05) is 11.6 Å². The summed E-state index contributed by atoms with van der Waals surface area (Å²) in [6, 6.07) is 6.70. The van der Waals surface area contributed by atoms with Gasteiger partial charge < -0.3 is 5.73 Å². The molecule has 0 saturated carbocycles. The molecule has 0 heterocycles. The van der Waals surface area contributed by atoms with Gasteiger partial charge in [-0.05, 0) is 42.0 Å². The third-order valence-corrected chi connectivity index (χ3v) is 4.49. The summed E-state index contributed by atoms with van der Waals surface area (Å²) in [5.41, 5.74) is 5.72. The Bertz CT molecular complexity index is 764. The van der Waals surface area contributed by atoms with Crippen molar-refractivity contribution in [2.24, 2.45) is 5.73 Å². The number of anilines is 1. The van der Waals surface area contributed by atoms with Crippen molar-refractivity contribution in [1.29, 1.82) is 0 Å². The molecule has 4 nitrogen and oxygen atoms in total. The van der Waals surface area contributed by atoms with Crippen LogP contribution in [0, 0.1) is 11.6 Å². The van der Waals surface area contributed by atoms with Crippen molar-refractivity contribution in [3.63, 3.8) is 0 Å². The van der Waals surface area contributed by atoms with Gasteiger partial charge in [0.25, 0.3) is 10.0 Å². The molecule has 0 radical (unpaired) electrons. The van der Waals surface area contributed by atoms with Crippen LogP contribution in [0.2, 0.25) is 5.02 Å². The molecule has 112 valence electrons. The summed E-state index contributed by atoms with van der Waals surface area (Å²) in [6.07, 6.45) is 0. The van der Waals surface area contributed by atoms with Crippen molar-refractivity contribution >= 4 is 27.3 Å². The number of rotatable bonds is 4. The Kier molecular flexibility index (Phi) is 4.46. The van der Waals surface area contributed by atoms with Crippen LogP contribution in [0.15, 0.2) is 41.3 Å². The first-order chi connectivity index (χ1) is 9.83. The van der Waals surface area contributed by atoms with Gasteiger partial charge in [0, 0.05) is 12.2 Å². The molecular formula is C13H11ClF2N2O2S. The highest BCUT2D eigenvalue weighted by Gasteiger charge is 2.18. The maximum Gasteiger partial charge on any atom is 0.262 e. The van der Waals surface area contributed by atoms with E-state index in [0.29, 0.717) is 0 Å². The molecule has 0 spiro atoms. The minimum Gasteiger partial charge on any atom is -0.326 e. The second kappa shape index (κ2) is 5.97. The van der Waals surface area contributed by atoms with Gasteiger partial charge in [0.15, 0.2) is 0 Å². The van der Waals surface area contributed by atoms with Gasteiger partial charge in [0.1, 0.15) is 11.6 Å². The summed E-state index contributed by atoms with van der Waals surface area (Å²) in [6.45, 7) is -0.102. The Balaban J connectivity index is 2.40. The van der Waals surface area contributed by atoms with E-state index >= 15 is 0 Å². The Morgan fingerprint density at radius 3 is 2.33 bits per heavy atom. The van der Waals surface area contributed by atoms with E-state index in [0.717, 1.165) is 18.2 Å². The molecule has 0 aliphatic rings. The van der Waals surface area contributed by atoms with Crippen molar-refractivity contribution in [3.05, 3.63) is 58.6 Å². The first-order valence-corrected chi connectivity index (χ1v) is 7.66. The van der Waals surface area contributed by atoms with Crippen molar-refractivity contribution in [2.75, 3.05) is 4.72 Å². The molecule has 2 aromatic rings. The van der Waals surface area contributed by atoms with Crippen LogP contribution in [0.3, 0.4) is 0 Å². The number of hydrogen-bond acceptors (Lipinski definition) is 3. The third-order valence-electron chi connectivity index (χ3n) is 2.70. The number of nitrogens with two attached hydrogens (primary N) is 1. The van der Waals surface area contributed by atoms with Crippen molar-refractivity contribution in [3.8, 4) is 0 Å². The van der Waals surface area contributed by atoms with E-state index in [-0.39, 0.29) is 27.7 Å². The molecule has 2 aromatic carbocycles. The topological polar surface area (TPSA) is 72.2 Å². The largest absolute Gasteiger partial charge is 0.326 e. The average Bonchev–Trinajstić information content (AvgIpc) is 2.44. The fourth-order valence-corrected chi connectivity index (χ4v) is 2.96. The van der Waals surface area contributed by atoms with Crippen molar-refractivity contribution in [1.82, 2.24) is 0 Å². The predicted molar refractivity (Wildman–Crippen MR) is 76.5 cm³/mol. The molecule has 0 amide bonds. The molecule has 0 unspecified atom stereocenters. The molecule has 8 heteroatoms. The monoisotopic (exact) mass is 332 g/mol. The summed E-state index contributed by atoms with van der Waals surface area (Å²) in [7, 11) is -4.02. The van der Waals surface area contributed by atoms with E-state index in [9.17, 15) is 17.2 Å². The zero-order valence-electron chi connectivity index (χ0n) is 10.6. The number of nitrogens with one attached hydrogen (secondary N) is 1. The van der Waals surface area contributed by atoms with Gasteiger partial charge in [0.05, 0.1) is 9.92 Å². The van der Waals surface area contributed by atoms with E-state index in [1.807, 2.05) is 0 Å². The van der Waals surface area contributed by atoms with Crippen LogP contribution in [-0.2, 0) is 16.6 Å². The molecule has 0 aliphatic carbocycles. The van der Waals surface area contributed by atoms with Crippen LogP contribution in [0.25, 0.3) is 0 Å². The summed E-state index contributed by atoms with van der Waals surface area (Å²) in [5.74, 6) is -1.37. The Labute approximate surface area is 125 Å². The highest BCUT2D eigenvalue weighted by molar-refractivity contribution is 7.92. The first-order valence-electron chi connectivity index (χ1n) is 5.80. The Hall–Kier alpha value is -1.70. The van der Waals surface area contributed by atoms with Gasteiger partial charge in [0.2, 0.25) is 0 Å². The van der Waals surface area contributed by atoms with Crippen LogP contribution in [-0.4, -0.2) is 8.42 Å². The van der Waals surface area contributed by atoms with Gasteiger partial charge in [-0.2, -0.15) is 0 Å². The summed E-state index contributed by atoms with van der Waals surface area (Å²) >= 11 is 5.68. The lowest BCUT2D eigenvalue weighted by Gasteiger charge is -2.10. The molecule has 0 aliphatic heterocycles. The molecule has 3 N–H and O–H groups in total. The smallest absolute Gasteiger partial charge is 0.262 e. The molecule has 2 rings (SSSR count). The summed E-state index contributed by atoms with van der Waals surface area (Å²) < 4.78 is 52.9. The zero-order valence-corrected chi connectivity index (χ0v) is 12.2. The van der Waals surface area contributed by atoms with E-state index < -0.39 is 21.7 Å². The van der Waals surface area contributed by atoms with Crippen molar-refractivity contribution in [2.45, 2.75) is 11.4 Å². The minimum atomic E-state index is -4.02. The molecule has 21 heavy (non-hydrogen) atoms. The first kappa shape index (κ1) is 15.7. The molecule has 0 saturated heterocycles. The van der Waals surface area contributed by atoms with Gasteiger partial charge in [-0.3, -0.25) is 4.72 Å². The number of hydrogen-bond donors (Lipinski definition) is 2. The fourth-order valence-electron chi connectivity index (χ4n) is 1.65. The molecule has 0 bridgehead atoms. The van der Waals surface area contributed by atoms with Crippen molar-refractivity contribution < 1.29 is 17.2 Å². The maximum atomic E-state index is 13.6. The Morgan fingerprint density at radius 1 is 1.14 bits per heavy atom. The molecule has 0 aromatic heterocycles. The SMILES string of the molecule is NCc1cc(S(=O)(=O)Nc2ccc(F)cc2)cc(F)c1Cl. The normalized spacial score (nSPS) is 11.4.